The Bertz CT molecular complexity index is 521. The molecule has 0 aliphatic heterocycles. The van der Waals surface area contributed by atoms with E-state index in [4.69, 9.17) is 5.73 Å². The van der Waals surface area contributed by atoms with Crippen LogP contribution >= 0.6 is 28.3 Å². The largest absolute Gasteiger partial charge is 0.357 e. The van der Waals surface area contributed by atoms with E-state index in [9.17, 15) is 0 Å². The summed E-state index contributed by atoms with van der Waals surface area (Å²) in [6, 6.07) is 6.45. The van der Waals surface area contributed by atoms with Gasteiger partial charge in [-0.3, -0.25) is 0 Å². The number of nitrogens with one attached hydrogen (secondary N) is 1. The summed E-state index contributed by atoms with van der Waals surface area (Å²) in [6.45, 7) is 0. The molecular formula is C12H14BrClN2. The maximum atomic E-state index is 6.11. The number of aromatic amines is 1. The first-order chi connectivity index (χ1) is 7.27. The smallest absolute Gasteiger partial charge is 0.0470 e. The van der Waals surface area contributed by atoms with Gasteiger partial charge in [0, 0.05) is 27.1 Å². The van der Waals surface area contributed by atoms with E-state index in [0.717, 1.165) is 12.8 Å². The fourth-order valence-electron chi connectivity index (χ4n) is 2.51. The van der Waals surface area contributed by atoms with Gasteiger partial charge in [0.05, 0.1) is 0 Å². The van der Waals surface area contributed by atoms with Crippen LogP contribution in [0.4, 0.5) is 0 Å². The van der Waals surface area contributed by atoms with E-state index >= 15 is 0 Å². The zero-order valence-corrected chi connectivity index (χ0v) is 11.2. The highest BCUT2D eigenvalue weighted by atomic mass is 79.9. The number of aromatic nitrogens is 1. The topological polar surface area (TPSA) is 41.8 Å². The highest BCUT2D eigenvalue weighted by Gasteiger charge is 2.22. The molecule has 1 heterocycles. The summed E-state index contributed by atoms with van der Waals surface area (Å²) in [5.74, 6) is 0. The molecule has 1 aliphatic rings. The molecule has 3 rings (SSSR count). The molecule has 86 valence electrons. The Morgan fingerprint density at radius 1 is 1.38 bits per heavy atom. The predicted octanol–water partition coefficient (Wildman–Crippen LogP) is 3.69. The molecule has 0 saturated carbocycles. The number of rotatable bonds is 0. The minimum absolute atomic E-state index is 0. The van der Waals surface area contributed by atoms with E-state index < -0.39 is 0 Å². The van der Waals surface area contributed by atoms with Crippen molar-refractivity contribution in [1.82, 2.24) is 4.98 Å². The van der Waals surface area contributed by atoms with Crippen LogP contribution in [0.1, 0.15) is 30.1 Å². The Morgan fingerprint density at radius 2 is 2.19 bits per heavy atom. The summed E-state index contributed by atoms with van der Waals surface area (Å²) < 4.78 is 1.17. The number of H-pyrrole nitrogens is 1. The summed E-state index contributed by atoms with van der Waals surface area (Å²) in [4.78, 5) is 3.45. The van der Waals surface area contributed by atoms with Gasteiger partial charge >= 0.3 is 0 Å². The number of benzene rings is 1. The molecule has 16 heavy (non-hydrogen) atoms. The zero-order valence-electron chi connectivity index (χ0n) is 8.79. The molecule has 3 N–H and O–H groups in total. The Hall–Kier alpha value is -0.510. The third-order valence-corrected chi connectivity index (χ3v) is 3.88. The molecular weight excluding hydrogens is 288 g/mol. The Morgan fingerprint density at radius 3 is 3.00 bits per heavy atom. The standard InChI is InChI=1S/C12H13BrN2.ClH/c13-8-4-2-6-10-11(8)7-3-1-5-9(14)12(7)15-10;/h2,4,6,9,15H,1,3,5,14H2;1H. The monoisotopic (exact) mass is 300 g/mol. The average molecular weight is 302 g/mol. The van der Waals surface area contributed by atoms with Crippen LogP contribution in [-0.2, 0) is 6.42 Å². The number of hydrogen-bond donors (Lipinski definition) is 2. The lowest BCUT2D eigenvalue weighted by atomic mass is 9.92. The molecule has 0 spiro atoms. The lowest BCUT2D eigenvalue weighted by Crippen LogP contribution is -2.16. The van der Waals surface area contributed by atoms with Crippen LogP contribution in [0.3, 0.4) is 0 Å². The van der Waals surface area contributed by atoms with Crippen molar-refractivity contribution in [3.63, 3.8) is 0 Å². The fraction of sp³-hybridized carbons (Fsp3) is 0.333. The van der Waals surface area contributed by atoms with Crippen molar-refractivity contribution < 1.29 is 0 Å². The van der Waals surface area contributed by atoms with Crippen LogP contribution in [0.25, 0.3) is 10.9 Å². The normalized spacial score (nSPS) is 19.2. The third kappa shape index (κ3) is 1.67. The van der Waals surface area contributed by atoms with E-state index in [0.29, 0.717) is 0 Å². The van der Waals surface area contributed by atoms with Gasteiger partial charge in [-0.1, -0.05) is 22.0 Å². The van der Waals surface area contributed by atoms with Gasteiger partial charge in [0.15, 0.2) is 0 Å². The van der Waals surface area contributed by atoms with Crippen LogP contribution in [0, 0.1) is 0 Å². The van der Waals surface area contributed by atoms with E-state index in [1.54, 1.807) is 0 Å². The quantitative estimate of drug-likeness (QED) is 0.765. The van der Waals surface area contributed by atoms with Crippen molar-refractivity contribution >= 4 is 39.2 Å². The number of aryl methyl sites for hydroxylation is 1. The maximum absolute atomic E-state index is 6.11. The highest BCUT2D eigenvalue weighted by Crippen LogP contribution is 2.36. The van der Waals surface area contributed by atoms with E-state index in [2.05, 4.69) is 39.1 Å². The maximum Gasteiger partial charge on any atom is 0.0470 e. The van der Waals surface area contributed by atoms with Gasteiger partial charge in [-0.2, -0.15) is 0 Å². The number of hydrogen-bond acceptors (Lipinski definition) is 1. The molecule has 1 aromatic carbocycles. The molecule has 4 heteroatoms. The minimum Gasteiger partial charge on any atom is -0.357 e. The van der Waals surface area contributed by atoms with Gasteiger partial charge in [-0.25, -0.2) is 0 Å². The molecule has 0 saturated heterocycles. The third-order valence-electron chi connectivity index (χ3n) is 3.22. The molecule has 1 atom stereocenters. The first kappa shape index (κ1) is 12.0. The van der Waals surface area contributed by atoms with Crippen LogP contribution in [0.5, 0.6) is 0 Å². The van der Waals surface area contributed by atoms with Gasteiger partial charge in [0.1, 0.15) is 0 Å². The second-order valence-electron chi connectivity index (χ2n) is 4.18. The van der Waals surface area contributed by atoms with Crippen LogP contribution in [0.15, 0.2) is 22.7 Å². The molecule has 1 aromatic heterocycles. The lowest BCUT2D eigenvalue weighted by molar-refractivity contribution is 0.562. The van der Waals surface area contributed by atoms with E-state index in [1.807, 2.05) is 0 Å². The molecule has 1 unspecified atom stereocenters. The molecule has 1 aliphatic carbocycles. The molecule has 0 amide bonds. The van der Waals surface area contributed by atoms with Crippen molar-refractivity contribution in [3.8, 4) is 0 Å². The second kappa shape index (κ2) is 4.40. The molecule has 0 bridgehead atoms. The Labute approximate surface area is 109 Å². The van der Waals surface area contributed by atoms with Crippen molar-refractivity contribution in [1.29, 1.82) is 0 Å². The van der Waals surface area contributed by atoms with Crippen molar-refractivity contribution in [2.75, 3.05) is 0 Å². The molecule has 0 fully saturated rings. The van der Waals surface area contributed by atoms with Gasteiger partial charge in [0.25, 0.3) is 0 Å². The fourth-order valence-corrected chi connectivity index (χ4v) is 3.11. The van der Waals surface area contributed by atoms with Crippen molar-refractivity contribution in [2.45, 2.75) is 25.3 Å². The van der Waals surface area contributed by atoms with Crippen molar-refractivity contribution in [2.24, 2.45) is 5.73 Å². The number of halogens is 2. The predicted molar refractivity (Wildman–Crippen MR) is 73.1 cm³/mol. The summed E-state index contributed by atoms with van der Waals surface area (Å²) in [7, 11) is 0. The van der Waals surface area contributed by atoms with Gasteiger partial charge in [0.2, 0.25) is 0 Å². The summed E-state index contributed by atoms with van der Waals surface area (Å²) in [5, 5.41) is 1.32. The molecule has 2 nitrogen and oxygen atoms in total. The lowest BCUT2D eigenvalue weighted by Gasteiger charge is -2.18. The van der Waals surface area contributed by atoms with Crippen LogP contribution in [-0.4, -0.2) is 4.98 Å². The summed E-state index contributed by atoms with van der Waals surface area (Å²) in [5.41, 5.74) is 9.97. The number of fused-ring (bicyclic) bond motifs is 3. The summed E-state index contributed by atoms with van der Waals surface area (Å²) >= 11 is 3.61. The van der Waals surface area contributed by atoms with Gasteiger partial charge in [-0.05, 0) is 37.0 Å². The van der Waals surface area contributed by atoms with Crippen LogP contribution < -0.4 is 5.73 Å². The van der Waals surface area contributed by atoms with Crippen molar-refractivity contribution in [3.05, 3.63) is 33.9 Å². The first-order valence-corrected chi connectivity index (χ1v) is 6.11. The first-order valence-electron chi connectivity index (χ1n) is 5.32. The van der Waals surface area contributed by atoms with Gasteiger partial charge < -0.3 is 10.7 Å². The number of nitrogens with two attached hydrogens (primary N) is 1. The van der Waals surface area contributed by atoms with E-state index in [1.165, 1.54) is 33.1 Å². The molecule has 2 aromatic rings. The summed E-state index contributed by atoms with van der Waals surface area (Å²) in [6.07, 6.45) is 3.44. The Balaban J connectivity index is 0.000000963. The van der Waals surface area contributed by atoms with E-state index in [-0.39, 0.29) is 18.4 Å². The SMILES string of the molecule is Cl.NC1CCCc2c1[nH]c1cccc(Br)c21. The average Bonchev–Trinajstić information content (AvgIpc) is 2.59. The minimum atomic E-state index is 0. The zero-order chi connectivity index (χ0) is 10.4. The van der Waals surface area contributed by atoms with Gasteiger partial charge in [-0.15, -0.1) is 12.4 Å². The molecule has 0 radical (unpaired) electrons. The Kier molecular flexibility index (Phi) is 3.29. The highest BCUT2D eigenvalue weighted by molar-refractivity contribution is 9.10. The van der Waals surface area contributed by atoms with Crippen LogP contribution in [0.2, 0.25) is 0 Å². The second-order valence-corrected chi connectivity index (χ2v) is 5.03.